The van der Waals surface area contributed by atoms with E-state index in [9.17, 15) is 0 Å². The Balaban J connectivity index is 2.94. The van der Waals surface area contributed by atoms with Crippen LogP contribution in [0.25, 0.3) is 0 Å². The Hall–Kier alpha value is -1.40. The van der Waals surface area contributed by atoms with Crippen LogP contribution >= 0.6 is 0 Å². The summed E-state index contributed by atoms with van der Waals surface area (Å²) in [5, 5.41) is 3.29. The van der Waals surface area contributed by atoms with Crippen molar-refractivity contribution >= 4 is 11.6 Å². The smallest absolute Gasteiger partial charge is 0.158 e. The quantitative estimate of drug-likeness (QED) is 0.746. The van der Waals surface area contributed by atoms with Crippen molar-refractivity contribution < 1.29 is 9.47 Å². The molecule has 1 heterocycles. The molecular weight excluding hydrogens is 256 g/mol. The van der Waals surface area contributed by atoms with Gasteiger partial charge in [-0.05, 0) is 13.3 Å². The van der Waals surface area contributed by atoms with E-state index in [1.165, 1.54) is 0 Å². The molecule has 0 amide bonds. The highest BCUT2D eigenvalue weighted by atomic mass is 16.5. The van der Waals surface area contributed by atoms with Gasteiger partial charge in [0, 0.05) is 33.9 Å². The summed E-state index contributed by atoms with van der Waals surface area (Å²) < 4.78 is 10.3. The molecule has 1 aromatic heterocycles. The molecule has 0 aromatic carbocycles. The number of likely N-dealkylation sites (N-methyl/N-ethyl adjacent to an activating group) is 1. The third-order valence-corrected chi connectivity index (χ3v) is 3.02. The number of hydrogen-bond donors (Lipinski definition) is 1. The van der Waals surface area contributed by atoms with Crippen molar-refractivity contribution in [1.29, 1.82) is 0 Å². The lowest BCUT2D eigenvalue weighted by molar-refractivity contribution is 0.177. The average Bonchev–Trinajstić information content (AvgIpc) is 2.44. The molecule has 0 radical (unpaired) electrons. The van der Waals surface area contributed by atoms with Gasteiger partial charge in [0.05, 0.1) is 12.6 Å². The van der Waals surface area contributed by atoms with Gasteiger partial charge in [-0.15, -0.1) is 0 Å². The molecule has 114 valence electrons. The number of nitrogens with zero attached hydrogens (tertiary/aromatic N) is 3. The largest absolute Gasteiger partial charge is 0.383 e. The number of hydrogen-bond acceptors (Lipinski definition) is 6. The van der Waals surface area contributed by atoms with E-state index in [-0.39, 0.29) is 6.04 Å². The number of rotatable bonds is 9. The summed E-state index contributed by atoms with van der Waals surface area (Å²) in [6.45, 7) is 6.16. The summed E-state index contributed by atoms with van der Waals surface area (Å²) in [5.74, 6) is 2.38. The molecule has 0 fully saturated rings. The van der Waals surface area contributed by atoms with Gasteiger partial charge in [-0.25, -0.2) is 9.97 Å². The highest BCUT2D eigenvalue weighted by molar-refractivity contribution is 5.49. The predicted molar refractivity (Wildman–Crippen MR) is 81.3 cm³/mol. The van der Waals surface area contributed by atoms with Crippen LogP contribution in [0.15, 0.2) is 6.07 Å². The van der Waals surface area contributed by atoms with E-state index >= 15 is 0 Å². The summed E-state index contributed by atoms with van der Waals surface area (Å²) in [6.07, 6.45) is 1.05. The molecule has 0 aliphatic carbocycles. The third-order valence-electron chi connectivity index (χ3n) is 3.02. The number of aromatic nitrogens is 2. The van der Waals surface area contributed by atoms with E-state index in [2.05, 4.69) is 34.0 Å². The van der Waals surface area contributed by atoms with Gasteiger partial charge >= 0.3 is 0 Å². The Labute approximate surface area is 121 Å². The van der Waals surface area contributed by atoms with Crippen molar-refractivity contribution in [2.24, 2.45) is 0 Å². The van der Waals surface area contributed by atoms with E-state index < -0.39 is 0 Å². The second kappa shape index (κ2) is 8.71. The molecule has 0 aliphatic rings. The minimum absolute atomic E-state index is 0.240. The van der Waals surface area contributed by atoms with E-state index in [1.807, 2.05) is 13.1 Å². The van der Waals surface area contributed by atoms with E-state index in [0.717, 1.165) is 24.6 Å². The third kappa shape index (κ3) is 4.94. The minimum Gasteiger partial charge on any atom is -0.383 e. The van der Waals surface area contributed by atoms with Crippen molar-refractivity contribution in [3.8, 4) is 0 Å². The second-order valence-corrected chi connectivity index (χ2v) is 4.80. The summed E-state index contributed by atoms with van der Waals surface area (Å²) in [5.41, 5.74) is 0. The molecule has 1 atom stereocenters. The summed E-state index contributed by atoms with van der Waals surface area (Å²) in [4.78, 5) is 11.1. The normalized spacial score (nSPS) is 12.2. The van der Waals surface area contributed by atoms with E-state index in [4.69, 9.17) is 9.47 Å². The fraction of sp³-hybridized carbons (Fsp3) is 0.714. The topological polar surface area (TPSA) is 59.5 Å². The van der Waals surface area contributed by atoms with Crippen LogP contribution in [0, 0.1) is 0 Å². The van der Waals surface area contributed by atoms with Gasteiger partial charge in [-0.1, -0.05) is 6.92 Å². The van der Waals surface area contributed by atoms with Crippen LogP contribution in [-0.4, -0.2) is 50.4 Å². The molecular formula is C14H26N4O2. The molecule has 1 unspecified atom stereocenters. The first-order chi connectivity index (χ1) is 9.62. The van der Waals surface area contributed by atoms with Crippen molar-refractivity contribution in [3.63, 3.8) is 0 Å². The summed E-state index contributed by atoms with van der Waals surface area (Å²) in [7, 11) is 5.35. The number of methoxy groups -OCH3 is 2. The Bertz CT molecular complexity index is 401. The molecule has 0 saturated carbocycles. The van der Waals surface area contributed by atoms with Crippen LogP contribution in [0.4, 0.5) is 11.6 Å². The van der Waals surface area contributed by atoms with Crippen molar-refractivity contribution in [2.75, 3.05) is 44.6 Å². The second-order valence-electron chi connectivity index (χ2n) is 4.80. The van der Waals surface area contributed by atoms with Gasteiger partial charge in [0.25, 0.3) is 0 Å². The van der Waals surface area contributed by atoms with Crippen LogP contribution in [0.2, 0.25) is 0 Å². The lowest BCUT2D eigenvalue weighted by Crippen LogP contribution is -2.33. The maximum Gasteiger partial charge on any atom is 0.158 e. The zero-order chi connectivity index (χ0) is 15.0. The zero-order valence-electron chi connectivity index (χ0n) is 13.1. The van der Waals surface area contributed by atoms with Crippen LogP contribution in [0.1, 0.15) is 26.1 Å². The fourth-order valence-corrected chi connectivity index (χ4v) is 1.78. The average molecular weight is 282 g/mol. The number of anilines is 2. The predicted octanol–water partition coefficient (Wildman–Crippen LogP) is 1.92. The lowest BCUT2D eigenvalue weighted by Gasteiger charge is -2.26. The lowest BCUT2D eigenvalue weighted by atomic mass is 10.3. The number of ether oxygens (including phenoxy) is 2. The Morgan fingerprint density at radius 1 is 1.30 bits per heavy atom. The molecule has 0 aliphatic heterocycles. The molecule has 6 heteroatoms. The summed E-state index contributed by atoms with van der Waals surface area (Å²) >= 11 is 0. The van der Waals surface area contributed by atoms with Gasteiger partial charge in [0.1, 0.15) is 18.2 Å². The maximum absolute atomic E-state index is 5.19. The van der Waals surface area contributed by atoms with Crippen LogP contribution in [-0.2, 0) is 16.1 Å². The first-order valence-electron chi connectivity index (χ1n) is 6.94. The molecule has 1 aromatic rings. The Morgan fingerprint density at radius 3 is 2.65 bits per heavy atom. The van der Waals surface area contributed by atoms with Gasteiger partial charge in [0.15, 0.2) is 5.82 Å². The van der Waals surface area contributed by atoms with Crippen LogP contribution < -0.4 is 10.2 Å². The first-order valence-corrected chi connectivity index (χ1v) is 6.94. The first kappa shape index (κ1) is 16.7. The van der Waals surface area contributed by atoms with Gasteiger partial charge in [-0.3, -0.25) is 0 Å². The highest BCUT2D eigenvalue weighted by Gasteiger charge is 2.13. The van der Waals surface area contributed by atoms with Gasteiger partial charge in [-0.2, -0.15) is 0 Å². The Morgan fingerprint density at radius 2 is 2.05 bits per heavy atom. The summed E-state index contributed by atoms with van der Waals surface area (Å²) in [6, 6.07) is 2.20. The fourth-order valence-electron chi connectivity index (χ4n) is 1.78. The van der Waals surface area contributed by atoms with Gasteiger partial charge < -0.3 is 19.7 Å². The Kier molecular flexibility index (Phi) is 7.25. The van der Waals surface area contributed by atoms with Crippen LogP contribution in [0.3, 0.4) is 0 Å². The molecule has 1 N–H and O–H groups in total. The van der Waals surface area contributed by atoms with Crippen LogP contribution in [0.5, 0.6) is 0 Å². The number of nitrogens with one attached hydrogen (secondary N) is 1. The molecule has 1 rings (SSSR count). The monoisotopic (exact) mass is 282 g/mol. The SMILES string of the molecule is CCCNc1cc(N(C)C(C)COC)nc(COC)n1. The van der Waals surface area contributed by atoms with Gasteiger partial charge in [0.2, 0.25) is 0 Å². The molecule has 0 saturated heterocycles. The van der Waals surface area contributed by atoms with E-state index in [1.54, 1.807) is 14.2 Å². The maximum atomic E-state index is 5.19. The van der Waals surface area contributed by atoms with Crippen molar-refractivity contribution in [3.05, 3.63) is 11.9 Å². The molecule has 0 spiro atoms. The molecule has 20 heavy (non-hydrogen) atoms. The standard InChI is InChI=1S/C14H26N4O2/c1-6-7-15-12-8-14(17-13(16-12)10-20-5)18(3)11(2)9-19-4/h8,11H,6-7,9-10H2,1-5H3,(H,15,16,17). The zero-order valence-corrected chi connectivity index (χ0v) is 13.1. The molecule has 6 nitrogen and oxygen atoms in total. The van der Waals surface area contributed by atoms with E-state index in [0.29, 0.717) is 19.0 Å². The molecule has 0 bridgehead atoms. The highest BCUT2D eigenvalue weighted by Crippen LogP contribution is 2.17. The minimum atomic E-state index is 0.240. The van der Waals surface area contributed by atoms with Crippen molar-refractivity contribution in [1.82, 2.24) is 9.97 Å². The van der Waals surface area contributed by atoms with Crippen molar-refractivity contribution in [2.45, 2.75) is 32.9 Å².